The Bertz CT molecular complexity index is 504. The summed E-state index contributed by atoms with van der Waals surface area (Å²) in [6.45, 7) is 4.08. The van der Waals surface area contributed by atoms with Gasteiger partial charge in [0.1, 0.15) is 0 Å². The Morgan fingerprint density at radius 1 is 1.32 bits per heavy atom. The summed E-state index contributed by atoms with van der Waals surface area (Å²) in [6, 6.07) is 8.14. The Morgan fingerprint density at radius 3 is 2.63 bits per heavy atom. The molecule has 0 amide bonds. The molecule has 1 heterocycles. The van der Waals surface area contributed by atoms with Crippen LogP contribution in [0.3, 0.4) is 0 Å². The van der Waals surface area contributed by atoms with E-state index in [4.69, 9.17) is 11.6 Å². The van der Waals surface area contributed by atoms with Crippen LogP contribution < -0.4 is 5.32 Å². The number of nitrogens with zero attached hydrogens (tertiary/aromatic N) is 2. The summed E-state index contributed by atoms with van der Waals surface area (Å²) >= 11 is 5.96. The molecule has 0 saturated heterocycles. The zero-order valence-electron chi connectivity index (χ0n) is 11.4. The molecular formula is C15H20ClN3. The van der Waals surface area contributed by atoms with Gasteiger partial charge in [-0.1, -0.05) is 30.7 Å². The molecule has 0 aliphatic heterocycles. The van der Waals surface area contributed by atoms with E-state index in [9.17, 15) is 0 Å². The van der Waals surface area contributed by atoms with Gasteiger partial charge >= 0.3 is 0 Å². The first-order chi connectivity index (χ1) is 9.19. The van der Waals surface area contributed by atoms with Crippen LogP contribution in [-0.4, -0.2) is 22.9 Å². The van der Waals surface area contributed by atoms with Crippen molar-refractivity contribution in [2.45, 2.75) is 19.3 Å². The van der Waals surface area contributed by atoms with Gasteiger partial charge in [0.2, 0.25) is 0 Å². The number of rotatable bonds is 6. The number of likely N-dealkylation sites (N-methyl/N-ethyl adjacent to an activating group) is 1. The van der Waals surface area contributed by atoms with Crippen LogP contribution in [0.25, 0.3) is 0 Å². The molecule has 0 fully saturated rings. The van der Waals surface area contributed by atoms with Crippen molar-refractivity contribution in [2.75, 3.05) is 13.1 Å². The van der Waals surface area contributed by atoms with Crippen molar-refractivity contribution >= 4 is 11.6 Å². The summed E-state index contributed by atoms with van der Waals surface area (Å²) in [5.74, 6) is 0.446. The van der Waals surface area contributed by atoms with Gasteiger partial charge < -0.3 is 5.32 Å². The van der Waals surface area contributed by atoms with Crippen LogP contribution in [0.2, 0.25) is 5.02 Å². The third-order valence-corrected chi connectivity index (χ3v) is 3.47. The van der Waals surface area contributed by atoms with Gasteiger partial charge in [0.15, 0.2) is 0 Å². The molecule has 1 aromatic heterocycles. The molecule has 3 nitrogen and oxygen atoms in total. The minimum atomic E-state index is 0.446. The topological polar surface area (TPSA) is 29.9 Å². The number of nitrogens with one attached hydrogen (secondary N) is 1. The Labute approximate surface area is 119 Å². The van der Waals surface area contributed by atoms with Crippen LogP contribution in [0.15, 0.2) is 36.7 Å². The average molecular weight is 278 g/mol. The van der Waals surface area contributed by atoms with Crippen LogP contribution in [0.5, 0.6) is 0 Å². The lowest BCUT2D eigenvalue weighted by Gasteiger charge is -2.17. The van der Waals surface area contributed by atoms with E-state index in [-0.39, 0.29) is 0 Å². The van der Waals surface area contributed by atoms with E-state index in [1.807, 2.05) is 30.1 Å². The molecule has 0 saturated carbocycles. The molecule has 102 valence electrons. The van der Waals surface area contributed by atoms with Crippen molar-refractivity contribution in [3.63, 3.8) is 0 Å². The third kappa shape index (κ3) is 4.08. The zero-order valence-corrected chi connectivity index (χ0v) is 12.2. The lowest BCUT2D eigenvalue weighted by molar-refractivity contribution is 0.594. The predicted molar refractivity (Wildman–Crippen MR) is 79.6 cm³/mol. The van der Waals surface area contributed by atoms with E-state index in [2.05, 4.69) is 35.7 Å². The van der Waals surface area contributed by atoms with E-state index in [0.29, 0.717) is 5.92 Å². The van der Waals surface area contributed by atoms with E-state index < -0.39 is 0 Å². The van der Waals surface area contributed by atoms with E-state index in [1.165, 1.54) is 11.1 Å². The highest BCUT2D eigenvalue weighted by molar-refractivity contribution is 6.30. The average Bonchev–Trinajstić information content (AvgIpc) is 2.81. The molecule has 2 rings (SSSR count). The van der Waals surface area contributed by atoms with Gasteiger partial charge in [-0.3, -0.25) is 4.68 Å². The number of benzene rings is 1. The first-order valence-corrected chi connectivity index (χ1v) is 7.00. The second-order valence-corrected chi connectivity index (χ2v) is 5.22. The largest absolute Gasteiger partial charge is 0.316 e. The minimum absolute atomic E-state index is 0.446. The van der Waals surface area contributed by atoms with E-state index in [0.717, 1.165) is 24.5 Å². The van der Waals surface area contributed by atoms with Crippen molar-refractivity contribution in [3.05, 3.63) is 52.8 Å². The van der Waals surface area contributed by atoms with Gasteiger partial charge in [0, 0.05) is 30.7 Å². The maximum absolute atomic E-state index is 5.96. The van der Waals surface area contributed by atoms with Crippen molar-refractivity contribution in [1.82, 2.24) is 15.1 Å². The van der Waals surface area contributed by atoms with Gasteiger partial charge in [0.25, 0.3) is 0 Å². The number of halogens is 1. The molecule has 1 N–H and O–H groups in total. The predicted octanol–water partition coefficient (Wildman–Crippen LogP) is 3.01. The number of hydrogen-bond donors (Lipinski definition) is 1. The maximum atomic E-state index is 5.96. The first kappa shape index (κ1) is 14.1. The van der Waals surface area contributed by atoms with Crippen LogP contribution in [-0.2, 0) is 13.5 Å². The Morgan fingerprint density at radius 2 is 2.05 bits per heavy atom. The molecule has 4 heteroatoms. The normalized spacial score (nSPS) is 12.6. The Kier molecular flexibility index (Phi) is 5.00. The quantitative estimate of drug-likeness (QED) is 0.880. The van der Waals surface area contributed by atoms with Gasteiger partial charge in [-0.2, -0.15) is 5.10 Å². The van der Waals surface area contributed by atoms with Gasteiger partial charge in [-0.15, -0.1) is 0 Å². The number of hydrogen-bond acceptors (Lipinski definition) is 2. The second kappa shape index (κ2) is 6.73. The van der Waals surface area contributed by atoms with E-state index >= 15 is 0 Å². The number of aromatic nitrogens is 2. The smallest absolute Gasteiger partial charge is 0.0521 e. The van der Waals surface area contributed by atoms with Gasteiger partial charge in [-0.05, 0) is 36.2 Å². The highest BCUT2D eigenvalue weighted by atomic mass is 35.5. The standard InChI is InChI=1S/C15H20ClN3/c1-3-17-10-14(8-12-9-18-19(2)11-12)13-4-6-15(16)7-5-13/h4-7,9,11,14,17H,3,8,10H2,1-2H3. The molecule has 0 spiro atoms. The van der Waals surface area contributed by atoms with Gasteiger partial charge in [-0.25, -0.2) is 0 Å². The monoisotopic (exact) mass is 277 g/mol. The summed E-state index contributed by atoms with van der Waals surface area (Å²) in [5.41, 5.74) is 2.58. The summed E-state index contributed by atoms with van der Waals surface area (Å²) in [7, 11) is 1.95. The fraction of sp³-hybridized carbons (Fsp3) is 0.400. The molecule has 0 aliphatic carbocycles. The molecule has 0 radical (unpaired) electrons. The fourth-order valence-electron chi connectivity index (χ4n) is 2.22. The molecule has 0 aliphatic rings. The van der Waals surface area contributed by atoms with Gasteiger partial charge in [0.05, 0.1) is 6.20 Å². The van der Waals surface area contributed by atoms with Crippen molar-refractivity contribution < 1.29 is 0 Å². The fourth-order valence-corrected chi connectivity index (χ4v) is 2.35. The zero-order chi connectivity index (χ0) is 13.7. The molecule has 1 unspecified atom stereocenters. The minimum Gasteiger partial charge on any atom is -0.316 e. The summed E-state index contributed by atoms with van der Waals surface area (Å²) in [6.07, 6.45) is 5.01. The van der Waals surface area contributed by atoms with Crippen molar-refractivity contribution in [1.29, 1.82) is 0 Å². The third-order valence-electron chi connectivity index (χ3n) is 3.22. The summed E-state index contributed by atoms with van der Waals surface area (Å²) in [5, 5.41) is 8.45. The molecular weight excluding hydrogens is 258 g/mol. The van der Waals surface area contributed by atoms with Crippen molar-refractivity contribution in [2.24, 2.45) is 7.05 Å². The van der Waals surface area contributed by atoms with Crippen LogP contribution >= 0.6 is 11.6 Å². The summed E-state index contributed by atoms with van der Waals surface area (Å²) < 4.78 is 1.85. The molecule has 19 heavy (non-hydrogen) atoms. The van der Waals surface area contributed by atoms with Crippen LogP contribution in [0.4, 0.5) is 0 Å². The Hall–Kier alpha value is -1.32. The van der Waals surface area contributed by atoms with Crippen molar-refractivity contribution in [3.8, 4) is 0 Å². The highest BCUT2D eigenvalue weighted by Crippen LogP contribution is 2.22. The molecule has 0 bridgehead atoms. The summed E-state index contributed by atoms with van der Waals surface area (Å²) in [4.78, 5) is 0. The maximum Gasteiger partial charge on any atom is 0.0521 e. The second-order valence-electron chi connectivity index (χ2n) is 4.78. The van der Waals surface area contributed by atoms with Crippen LogP contribution in [0.1, 0.15) is 24.0 Å². The first-order valence-electron chi connectivity index (χ1n) is 6.62. The van der Waals surface area contributed by atoms with Crippen LogP contribution in [0, 0.1) is 0 Å². The van der Waals surface area contributed by atoms with E-state index in [1.54, 1.807) is 0 Å². The SMILES string of the molecule is CCNCC(Cc1cnn(C)c1)c1ccc(Cl)cc1. The Balaban J connectivity index is 2.13. The molecule has 1 atom stereocenters. The molecule has 2 aromatic rings. The number of aryl methyl sites for hydroxylation is 1. The molecule has 1 aromatic carbocycles. The highest BCUT2D eigenvalue weighted by Gasteiger charge is 2.13. The lowest BCUT2D eigenvalue weighted by Crippen LogP contribution is -2.22. The lowest BCUT2D eigenvalue weighted by atomic mass is 9.93.